The highest BCUT2D eigenvalue weighted by Crippen LogP contribution is 2.19. The van der Waals surface area contributed by atoms with E-state index in [-0.39, 0.29) is 5.56 Å². The number of aromatic nitrogens is 2. The van der Waals surface area contributed by atoms with Crippen molar-refractivity contribution in [2.45, 2.75) is 6.54 Å². The van der Waals surface area contributed by atoms with Crippen molar-refractivity contribution in [2.24, 2.45) is 4.99 Å². The van der Waals surface area contributed by atoms with Crippen LogP contribution in [0.25, 0.3) is 6.58 Å². The van der Waals surface area contributed by atoms with Gasteiger partial charge in [-0.15, -0.1) is 0 Å². The van der Waals surface area contributed by atoms with Gasteiger partial charge in [-0.3, -0.25) is 9.78 Å². The van der Waals surface area contributed by atoms with Crippen molar-refractivity contribution in [2.75, 3.05) is 0 Å². The Morgan fingerprint density at radius 2 is 2.20 bits per heavy atom. The number of aromatic amines is 1. The summed E-state index contributed by atoms with van der Waals surface area (Å²) < 4.78 is 1.80. The standard InChI is InChI=1S/C11H9N3O/c1-7-10(15)13-11-12-9-5-3-2-4-8(9)6-14(7)11/h2-5H,1,6H2,(H,12,13,15). The molecule has 4 heteroatoms. The summed E-state index contributed by atoms with van der Waals surface area (Å²) in [5.74, 6) is 0. The summed E-state index contributed by atoms with van der Waals surface area (Å²) in [6, 6.07) is 7.84. The molecule has 0 saturated heterocycles. The summed E-state index contributed by atoms with van der Waals surface area (Å²) in [6.45, 7) is 4.38. The van der Waals surface area contributed by atoms with Crippen LogP contribution in [0.1, 0.15) is 5.56 Å². The summed E-state index contributed by atoms with van der Waals surface area (Å²) in [5, 5.41) is 0.461. The average Bonchev–Trinajstić information content (AvgIpc) is 2.52. The fourth-order valence-corrected chi connectivity index (χ4v) is 1.79. The van der Waals surface area contributed by atoms with Crippen molar-refractivity contribution in [3.05, 3.63) is 51.2 Å². The minimum absolute atomic E-state index is 0.165. The number of fused-ring (bicyclic) bond motifs is 2. The molecule has 0 radical (unpaired) electrons. The molecule has 4 nitrogen and oxygen atoms in total. The molecule has 0 unspecified atom stereocenters. The summed E-state index contributed by atoms with van der Waals surface area (Å²) in [6.07, 6.45) is 0. The molecule has 1 aromatic carbocycles. The molecule has 0 aliphatic carbocycles. The van der Waals surface area contributed by atoms with Gasteiger partial charge in [0.25, 0.3) is 5.56 Å². The van der Waals surface area contributed by atoms with Gasteiger partial charge in [0.1, 0.15) is 5.35 Å². The predicted octanol–water partition coefficient (Wildman–Crippen LogP) is -0.100. The molecular formula is C11H9N3O. The maximum Gasteiger partial charge on any atom is 0.274 e. The molecule has 15 heavy (non-hydrogen) atoms. The lowest BCUT2D eigenvalue weighted by Crippen LogP contribution is -2.32. The Balaban J connectivity index is 2.41. The minimum atomic E-state index is -0.165. The third kappa shape index (κ3) is 1.08. The average molecular weight is 199 g/mol. The van der Waals surface area contributed by atoms with Crippen molar-refractivity contribution in [1.29, 1.82) is 0 Å². The van der Waals surface area contributed by atoms with E-state index in [9.17, 15) is 4.79 Å². The Labute approximate surface area is 85.2 Å². The fourth-order valence-electron chi connectivity index (χ4n) is 1.79. The molecule has 2 heterocycles. The van der Waals surface area contributed by atoms with Crippen molar-refractivity contribution in [3.8, 4) is 0 Å². The molecule has 0 saturated carbocycles. The van der Waals surface area contributed by atoms with E-state index in [1.807, 2.05) is 24.3 Å². The maximum absolute atomic E-state index is 11.4. The Bertz CT molecular complexity index is 693. The van der Waals surface area contributed by atoms with E-state index < -0.39 is 0 Å². The van der Waals surface area contributed by atoms with Crippen LogP contribution in [0, 0.1) is 0 Å². The highest BCUT2D eigenvalue weighted by molar-refractivity contribution is 5.46. The third-order valence-electron chi connectivity index (χ3n) is 2.62. The van der Waals surface area contributed by atoms with Crippen molar-refractivity contribution < 1.29 is 0 Å². The molecule has 0 fully saturated rings. The van der Waals surface area contributed by atoms with E-state index in [4.69, 9.17) is 0 Å². The first-order valence-electron chi connectivity index (χ1n) is 4.70. The van der Waals surface area contributed by atoms with E-state index >= 15 is 0 Å². The van der Waals surface area contributed by atoms with E-state index in [2.05, 4.69) is 16.6 Å². The monoisotopic (exact) mass is 199 g/mol. The van der Waals surface area contributed by atoms with Crippen LogP contribution in [0.15, 0.2) is 34.1 Å². The lowest BCUT2D eigenvalue weighted by Gasteiger charge is -2.11. The van der Waals surface area contributed by atoms with Gasteiger partial charge < -0.3 is 4.57 Å². The van der Waals surface area contributed by atoms with Crippen LogP contribution < -0.4 is 16.5 Å². The third-order valence-corrected chi connectivity index (χ3v) is 2.62. The zero-order valence-electron chi connectivity index (χ0n) is 8.03. The molecule has 0 atom stereocenters. The number of hydrogen-bond donors (Lipinski definition) is 1. The zero-order chi connectivity index (χ0) is 10.4. The predicted molar refractivity (Wildman–Crippen MR) is 56.6 cm³/mol. The van der Waals surface area contributed by atoms with Crippen LogP contribution >= 0.6 is 0 Å². The molecule has 3 rings (SSSR count). The number of imidazole rings is 1. The van der Waals surface area contributed by atoms with E-state index in [1.165, 1.54) is 0 Å². The first-order valence-corrected chi connectivity index (χ1v) is 4.70. The van der Waals surface area contributed by atoms with E-state index in [0.29, 0.717) is 17.5 Å². The van der Waals surface area contributed by atoms with Gasteiger partial charge in [-0.25, -0.2) is 4.99 Å². The van der Waals surface area contributed by atoms with Gasteiger partial charge in [0, 0.05) is 0 Å². The van der Waals surface area contributed by atoms with Crippen molar-refractivity contribution >= 4 is 12.3 Å². The first kappa shape index (κ1) is 8.23. The molecule has 74 valence electrons. The van der Waals surface area contributed by atoms with Crippen LogP contribution in [0.4, 0.5) is 5.69 Å². The van der Waals surface area contributed by atoms with Gasteiger partial charge in [0.05, 0.1) is 12.2 Å². The van der Waals surface area contributed by atoms with E-state index in [1.54, 1.807) is 4.57 Å². The molecule has 0 bridgehead atoms. The molecule has 2 aromatic rings. The number of hydrogen-bond acceptors (Lipinski definition) is 2. The largest absolute Gasteiger partial charge is 0.303 e. The normalized spacial score (nSPS) is 12.8. The van der Waals surface area contributed by atoms with Crippen LogP contribution in [-0.2, 0) is 6.54 Å². The zero-order valence-corrected chi connectivity index (χ0v) is 8.03. The summed E-state index contributed by atoms with van der Waals surface area (Å²) in [5.41, 5.74) is 2.45. The minimum Gasteiger partial charge on any atom is -0.303 e. The lowest BCUT2D eigenvalue weighted by atomic mass is 10.1. The molecule has 1 aliphatic rings. The summed E-state index contributed by atoms with van der Waals surface area (Å²) in [7, 11) is 0. The van der Waals surface area contributed by atoms with Crippen LogP contribution in [0.5, 0.6) is 0 Å². The first-order chi connectivity index (χ1) is 7.25. The van der Waals surface area contributed by atoms with Crippen LogP contribution in [-0.4, -0.2) is 9.55 Å². The topological polar surface area (TPSA) is 50.1 Å². The molecule has 0 spiro atoms. The Morgan fingerprint density at radius 3 is 3.07 bits per heavy atom. The summed E-state index contributed by atoms with van der Waals surface area (Å²) >= 11 is 0. The molecule has 1 aromatic heterocycles. The van der Waals surface area contributed by atoms with Crippen LogP contribution in [0.3, 0.4) is 0 Å². The molecule has 1 N–H and O–H groups in total. The maximum atomic E-state index is 11.4. The quantitative estimate of drug-likeness (QED) is 0.540. The number of H-pyrrole nitrogens is 1. The second-order valence-corrected chi connectivity index (χ2v) is 3.55. The Hall–Kier alpha value is -2.10. The molecule has 0 amide bonds. The van der Waals surface area contributed by atoms with Gasteiger partial charge in [-0.1, -0.05) is 24.8 Å². The Kier molecular flexibility index (Phi) is 1.48. The second-order valence-electron chi connectivity index (χ2n) is 3.55. The summed E-state index contributed by atoms with van der Waals surface area (Å²) in [4.78, 5) is 18.4. The fraction of sp³-hybridized carbons (Fsp3) is 0.0909. The SMILES string of the molecule is C=c1c(=O)[nH]c2n1Cc1ccccc1N=2. The van der Waals surface area contributed by atoms with Gasteiger partial charge >= 0.3 is 0 Å². The van der Waals surface area contributed by atoms with E-state index in [0.717, 1.165) is 11.3 Å². The van der Waals surface area contributed by atoms with Crippen LogP contribution in [0.2, 0.25) is 0 Å². The number of nitrogens with zero attached hydrogens (tertiary/aromatic N) is 2. The van der Waals surface area contributed by atoms with Gasteiger partial charge in [-0.2, -0.15) is 0 Å². The number of benzene rings is 1. The van der Waals surface area contributed by atoms with Gasteiger partial charge in [0.2, 0.25) is 5.62 Å². The molecular weight excluding hydrogens is 190 g/mol. The highest BCUT2D eigenvalue weighted by atomic mass is 16.1. The second kappa shape index (κ2) is 2.70. The lowest BCUT2D eigenvalue weighted by molar-refractivity contribution is 0.705. The van der Waals surface area contributed by atoms with Crippen molar-refractivity contribution in [3.63, 3.8) is 0 Å². The van der Waals surface area contributed by atoms with Gasteiger partial charge in [-0.05, 0) is 11.6 Å². The number of para-hydroxylation sites is 1. The Morgan fingerprint density at radius 1 is 1.40 bits per heavy atom. The van der Waals surface area contributed by atoms with Gasteiger partial charge in [0.15, 0.2) is 0 Å². The number of nitrogens with one attached hydrogen (secondary N) is 1. The van der Waals surface area contributed by atoms with Crippen molar-refractivity contribution in [1.82, 2.24) is 9.55 Å². The number of rotatable bonds is 0. The molecule has 1 aliphatic heterocycles. The smallest absolute Gasteiger partial charge is 0.274 e. The highest BCUT2D eigenvalue weighted by Gasteiger charge is 2.11.